The summed E-state index contributed by atoms with van der Waals surface area (Å²) in [6.45, 7) is 3.17. The minimum atomic E-state index is 0.0860. The predicted molar refractivity (Wildman–Crippen MR) is 138 cm³/mol. The summed E-state index contributed by atoms with van der Waals surface area (Å²) in [5, 5.41) is 0. The van der Waals surface area contributed by atoms with E-state index in [0.717, 1.165) is 30.7 Å². The topological polar surface area (TPSA) is 34.1 Å². The monoisotopic (exact) mass is 486 g/mol. The Kier molecular flexibility index (Phi) is 7.76. The first kappa shape index (κ1) is 23.4. The lowest BCUT2D eigenvalue weighted by molar-refractivity contribution is 0.100. The van der Waals surface area contributed by atoms with Gasteiger partial charge in [0.2, 0.25) is 0 Å². The van der Waals surface area contributed by atoms with Crippen LogP contribution in [0, 0.1) is 0 Å². The van der Waals surface area contributed by atoms with Gasteiger partial charge in [0.1, 0.15) is 0 Å². The minimum Gasteiger partial charge on any atom is -0.295 e. The molecular formula is C28H22O2S3. The van der Waals surface area contributed by atoms with Gasteiger partial charge in [-0.3, -0.25) is 9.59 Å². The van der Waals surface area contributed by atoms with E-state index in [1.54, 1.807) is 49.1 Å². The van der Waals surface area contributed by atoms with Gasteiger partial charge in [-0.05, 0) is 86.6 Å². The Bertz CT molecular complexity index is 1140. The number of benzene rings is 4. The van der Waals surface area contributed by atoms with E-state index in [4.69, 9.17) is 0 Å². The number of carbonyl (C=O) groups is 2. The highest BCUT2D eigenvalue weighted by Gasteiger charge is 2.04. The molecule has 0 saturated heterocycles. The summed E-state index contributed by atoms with van der Waals surface area (Å²) >= 11 is 5.11. The molecule has 5 heteroatoms. The van der Waals surface area contributed by atoms with Crippen molar-refractivity contribution >= 4 is 46.9 Å². The van der Waals surface area contributed by atoms with Crippen LogP contribution in [0.1, 0.15) is 34.6 Å². The van der Waals surface area contributed by atoms with Gasteiger partial charge in [0.15, 0.2) is 11.6 Å². The van der Waals surface area contributed by atoms with E-state index in [1.807, 2.05) is 48.5 Å². The van der Waals surface area contributed by atoms with Gasteiger partial charge < -0.3 is 0 Å². The van der Waals surface area contributed by atoms with Crippen molar-refractivity contribution in [3.8, 4) is 0 Å². The van der Waals surface area contributed by atoms with Crippen molar-refractivity contribution in [1.29, 1.82) is 0 Å². The fourth-order valence-electron chi connectivity index (χ4n) is 3.08. The summed E-state index contributed by atoms with van der Waals surface area (Å²) in [6.07, 6.45) is 0. The molecule has 33 heavy (non-hydrogen) atoms. The summed E-state index contributed by atoms with van der Waals surface area (Å²) < 4.78 is 0. The number of hydrogen-bond donors (Lipinski definition) is 0. The Morgan fingerprint density at radius 3 is 0.758 bits per heavy atom. The maximum Gasteiger partial charge on any atom is 0.159 e. The van der Waals surface area contributed by atoms with Gasteiger partial charge in [0.25, 0.3) is 0 Å². The molecule has 0 amide bonds. The Balaban J connectivity index is 1.34. The van der Waals surface area contributed by atoms with Crippen LogP contribution in [0.25, 0.3) is 0 Å². The molecule has 0 aliphatic heterocycles. The van der Waals surface area contributed by atoms with E-state index in [1.165, 1.54) is 9.79 Å². The minimum absolute atomic E-state index is 0.0860. The van der Waals surface area contributed by atoms with Crippen molar-refractivity contribution in [3.63, 3.8) is 0 Å². The van der Waals surface area contributed by atoms with Crippen LogP contribution < -0.4 is 0 Å². The van der Waals surface area contributed by atoms with Crippen LogP contribution in [0.15, 0.2) is 126 Å². The summed E-state index contributed by atoms with van der Waals surface area (Å²) in [4.78, 5) is 29.8. The third kappa shape index (κ3) is 6.64. The van der Waals surface area contributed by atoms with Gasteiger partial charge >= 0.3 is 0 Å². The molecule has 0 fully saturated rings. The van der Waals surface area contributed by atoms with Crippen LogP contribution in [0.4, 0.5) is 0 Å². The SMILES string of the molecule is CC(=O)c1ccc(Sc2ccc(Sc3ccc(Sc4ccc(C(C)=O)cc4)cc3)cc2)cc1. The van der Waals surface area contributed by atoms with Crippen LogP contribution in [-0.4, -0.2) is 11.6 Å². The largest absolute Gasteiger partial charge is 0.295 e. The van der Waals surface area contributed by atoms with Gasteiger partial charge in [-0.25, -0.2) is 0 Å². The molecule has 0 bridgehead atoms. The summed E-state index contributed by atoms with van der Waals surface area (Å²) in [7, 11) is 0. The number of Topliss-reactive ketones (excluding diaryl/α,β-unsaturated/α-hetero) is 2. The lowest BCUT2D eigenvalue weighted by Crippen LogP contribution is -1.90. The van der Waals surface area contributed by atoms with Gasteiger partial charge in [0.05, 0.1) is 0 Å². The molecule has 164 valence electrons. The lowest BCUT2D eigenvalue weighted by atomic mass is 10.2. The van der Waals surface area contributed by atoms with E-state index in [2.05, 4.69) is 48.5 Å². The van der Waals surface area contributed by atoms with E-state index in [-0.39, 0.29) is 11.6 Å². The zero-order chi connectivity index (χ0) is 23.2. The zero-order valence-corrected chi connectivity index (χ0v) is 20.7. The number of rotatable bonds is 8. The highest BCUT2D eigenvalue weighted by Crippen LogP contribution is 2.34. The van der Waals surface area contributed by atoms with Gasteiger partial charge in [-0.1, -0.05) is 59.6 Å². The molecule has 4 aromatic rings. The second-order valence-electron chi connectivity index (χ2n) is 7.41. The van der Waals surface area contributed by atoms with Crippen LogP contribution in [0.3, 0.4) is 0 Å². The molecule has 0 atom stereocenters. The molecule has 0 spiro atoms. The number of hydrogen-bond acceptors (Lipinski definition) is 5. The molecule has 0 unspecified atom stereocenters. The molecule has 4 aromatic carbocycles. The molecular weight excluding hydrogens is 465 g/mol. The second-order valence-corrected chi connectivity index (χ2v) is 10.9. The normalized spacial score (nSPS) is 10.7. The van der Waals surface area contributed by atoms with Crippen LogP contribution in [0.2, 0.25) is 0 Å². The Morgan fingerprint density at radius 2 is 0.576 bits per heavy atom. The zero-order valence-electron chi connectivity index (χ0n) is 18.3. The van der Waals surface area contributed by atoms with Crippen LogP contribution in [0.5, 0.6) is 0 Å². The molecule has 0 heterocycles. The number of ketones is 2. The van der Waals surface area contributed by atoms with Gasteiger partial charge in [-0.2, -0.15) is 0 Å². The van der Waals surface area contributed by atoms with E-state index in [0.29, 0.717) is 0 Å². The predicted octanol–water partition coefficient (Wildman–Crippen LogP) is 8.55. The molecule has 0 aliphatic rings. The third-order valence-electron chi connectivity index (χ3n) is 4.88. The average molecular weight is 487 g/mol. The summed E-state index contributed by atoms with van der Waals surface area (Å²) in [5.41, 5.74) is 1.47. The molecule has 0 saturated carbocycles. The van der Waals surface area contributed by atoms with Crippen molar-refractivity contribution in [1.82, 2.24) is 0 Å². The highest BCUT2D eigenvalue weighted by molar-refractivity contribution is 8.00. The molecule has 4 rings (SSSR count). The van der Waals surface area contributed by atoms with Crippen molar-refractivity contribution in [2.75, 3.05) is 0 Å². The Hall–Kier alpha value is -2.73. The van der Waals surface area contributed by atoms with Crippen LogP contribution >= 0.6 is 35.3 Å². The standard InChI is InChI=1S/C28H22O2S3/c1-19(29)21-3-7-23(8-4-21)31-25-11-15-27(16-12-25)33-28-17-13-26(14-18-28)32-24-9-5-22(6-10-24)20(2)30/h3-18H,1-2H3. The van der Waals surface area contributed by atoms with E-state index < -0.39 is 0 Å². The van der Waals surface area contributed by atoms with Crippen molar-refractivity contribution in [2.45, 2.75) is 43.2 Å². The molecule has 2 nitrogen and oxygen atoms in total. The van der Waals surface area contributed by atoms with Crippen molar-refractivity contribution in [3.05, 3.63) is 108 Å². The Morgan fingerprint density at radius 1 is 0.394 bits per heavy atom. The molecule has 0 aliphatic carbocycles. The van der Waals surface area contributed by atoms with E-state index in [9.17, 15) is 9.59 Å². The second kappa shape index (κ2) is 10.9. The maximum absolute atomic E-state index is 11.4. The summed E-state index contributed by atoms with van der Waals surface area (Å²) in [6, 6.07) is 32.5. The lowest BCUT2D eigenvalue weighted by Gasteiger charge is -2.07. The van der Waals surface area contributed by atoms with Crippen molar-refractivity contribution < 1.29 is 9.59 Å². The van der Waals surface area contributed by atoms with Crippen molar-refractivity contribution in [2.24, 2.45) is 0 Å². The average Bonchev–Trinajstić information content (AvgIpc) is 2.82. The van der Waals surface area contributed by atoms with Crippen LogP contribution in [-0.2, 0) is 0 Å². The fourth-order valence-corrected chi connectivity index (χ4v) is 5.52. The first-order valence-electron chi connectivity index (χ1n) is 10.4. The molecule has 0 aromatic heterocycles. The molecule has 0 radical (unpaired) electrons. The highest BCUT2D eigenvalue weighted by atomic mass is 32.2. The smallest absolute Gasteiger partial charge is 0.159 e. The molecule has 0 N–H and O–H groups in total. The number of carbonyl (C=O) groups excluding carboxylic acids is 2. The quantitative estimate of drug-likeness (QED) is 0.233. The first-order valence-corrected chi connectivity index (χ1v) is 12.9. The fraction of sp³-hybridized carbons (Fsp3) is 0.0714. The third-order valence-corrected chi connectivity index (χ3v) is 7.92. The summed E-state index contributed by atoms with van der Waals surface area (Å²) in [5.74, 6) is 0.172. The van der Waals surface area contributed by atoms with Gasteiger partial charge in [-0.15, -0.1) is 0 Å². The van der Waals surface area contributed by atoms with Gasteiger partial charge in [0, 0.05) is 40.5 Å². The Labute approximate surface area is 207 Å². The maximum atomic E-state index is 11.4. The first-order chi connectivity index (χ1) is 16.0. The van der Waals surface area contributed by atoms with E-state index >= 15 is 0 Å².